The molecule has 9 nitrogen and oxygen atoms in total. The summed E-state index contributed by atoms with van der Waals surface area (Å²) in [5.74, 6) is 1.08. The zero-order valence-corrected chi connectivity index (χ0v) is 30.7. The molecule has 8 fully saturated rings. The first-order chi connectivity index (χ1) is 22.5. The maximum atomic E-state index is 15.0. The molecule has 3 heterocycles. The lowest BCUT2D eigenvalue weighted by Gasteiger charge is -2.62. The maximum Gasteiger partial charge on any atom is 0.303 e. The molecule has 3 aliphatic heterocycles. The van der Waals surface area contributed by atoms with Crippen molar-refractivity contribution in [3.63, 3.8) is 0 Å². The molecule has 5 aliphatic carbocycles. The molecule has 9 heteroatoms. The highest BCUT2D eigenvalue weighted by Crippen LogP contribution is 2.89. The molecule has 3 saturated heterocycles. The van der Waals surface area contributed by atoms with Crippen molar-refractivity contribution in [3.8, 4) is 0 Å². The largest absolute Gasteiger partial charge is 0.457 e. The van der Waals surface area contributed by atoms with Crippen molar-refractivity contribution in [1.29, 1.82) is 0 Å². The third-order valence-corrected chi connectivity index (χ3v) is 16.3. The van der Waals surface area contributed by atoms with Gasteiger partial charge in [-0.05, 0) is 105 Å². The van der Waals surface area contributed by atoms with Crippen LogP contribution in [0.3, 0.4) is 0 Å². The number of ether oxygens (including phenoxy) is 5. The first-order valence-electron chi connectivity index (χ1n) is 19.2. The second-order valence-electron chi connectivity index (χ2n) is 19.1. The van der Waals surface area contributed by atoms with Gasteiger partial charge >= 0.3 is 5.97 Å². The van der Waals surface area contributed by atoms with Crippen molar-refractivity contribution in [2.75, 3.05) is 32.9 Å². The third kappa shape index (κ3) is 4.49. The van der Waals surface area contributed by atoms with Crippen molar-refractivity contribution >= 4 is 11.8 Å². The number of esters is 1. The van der Waals surface area contributed by atoms with Gasteiger partial charge in [-0.25, -0.2) is 0 Å². The average molecular weight is 672 g/mol. The van der Waals surface area contributed by atoms with Crippen LogP contribution in [0.5, 0.6) is 0 Å². The Morgan fingerprint density at radius 2 is 1.75 bits per heavy atom. The van der Waals surface area contributed by atoms with Gasteiger partial charge in [-0.1, -0.05) is 34.6 Å². The van der Waals surface area contributed by atoms with E-state index in [9.17, 15) is 9.90 Å². The van der Waals surface area contributed by atoms with Crippen LogP contribution in [0.4, 0.5) is 0 Å². The van der Waals surface area contributed by atoms with Gasteiger partial charge in [0, 0.05) is 24.8 Å². The summed E-state index contributed by atoms with van der Waals surface area (Å²) in [7, 11) is 0. The summed E-state index contributed by atoms with van der Waals surface area (Å²) in [5.41, 5.74) is -1.39. The van der Waals surface area contributed by atoms with E-state index >= 15 is 4.79 Å². The minimum atomic E-state index is -1.28. The van der Waals surface area contributed by atoms with Crippen LogP contribution in [0.15, 0.2) is 0 Å². The van der Waals surface area contributed by atoms with Crippen LogP contribution >= 0.6 is 0 Å². The van der Waals surface area contributed by atoms with Crippen molar-refractivity contribution in [2.45, 2.75) is 149 Å². The Balaban J connectivity index is 1.03. The second kappa shape index (κ2) is 11.0. The van der Waals surface area contributed by atoms with Crippen molar-refractivity contribution < 1.29 is 38.4 Å². The normalized spacial score (nSPS) is 50.6. The Hall–Kier alpha value is -1.10. The average Bonchev–Trinajstić information content (AvgIpc) is 3.61. The molecule has 2 spiro atoms. The summed E-state index contributed by atoms with van der Waals surface area (Å²) in [6.07, 6.45) is 6.69. The highest BCUT2D eigenvalue weighted by Gasteiger charge is 2.85. The first-order valence-corrected chi connectivity index (χ1v) is 19.2. The van der Waals surface area contributed by atoms with Crippen LogP contribution in [0.25, 0.3) is 0 Å². The molecule has 270 valence electrons. The van der Waals surface area contributed by atoms with Gasteiger partial charge in [0.25, 0.3) is 0 Å². The molecular weight excluding hydrogens is 610 g/mol. The van der Waals surface area contributed by atoms with E-state index in [1.54, 1.807) is 13.8 Å². The summed E-state index contributed by atoms with van der Waals surface area (Å²) in [5, 5.41) is 11.0. The Bertz CT molecular complexity index is 1330. The number of carbonyl (C=O) groups excluding carboxylic acids is 2. The zero-order valence-electron chi connectivity index (χ0n) is 30.7. The van der Waals surface area contributed by atoms with Gasteiger partial charge in [-0.15, -0.1) is 0 Å². The quantitative estimate of drug-likeness (QED) is 0.384. The highest BCUT2D eigenvalue weighted by atomic mass is 16.7. The maximum absolute atomic E-state index is 15.0. The van der Waals surface area contributed by atoms with Crippen LogP contribution in [0.2, 0.25) is 0 Å². The van der Waals surface area contributed by atoms with Crippen LogP contribution in [0, 0.1) is 50.7 Å². The number of aliphatic hydroxyl groups is 1. The Labute approximate surface area is 287 Å². The number of ketones is 1. The van der Waals surface area contributed by atoms with E-state index in [4.69, 9.17) is 23.7 Å². The fraction of sp³-hybridized carbons (Fsp3) is 0.949. The van der Waals surface area contributed by atoms with Gasteiger partial charge in [-0.3, -0.25) is 14.5 Å². The summed E-state index contributed by atoms with van der Waals surface area (Å²) in [4.78, 5) is 29.6. The highest BCUT2D eigenvalue weighted by molar-refractivity contribution is 5.93. The predicted octanol–water partition coefficient (Wildman–Crippen LogP) is 5.15. The predicted molar refractivity (Wildman–Crippen MR) is 178 cm³/mol. The molecule has 8 aliphatic rings. The molecule has 48 heavy (non-hydrogen) atoms. The summed E-state index contributed by atoms with van der Waals surface area (Å²) in [6, 6.07) is 0.501. The van der Waals surface area contributed by atoms with Crippen molar-refractivity contribution in [1.82, 2.24) is 4.90 Å². The SMILES string of the molecule is CC(=O)O[C@@H]([C@H]1C[C@@H](C)[C@H]2[C@H](O1)C(=O)[C@@]1(C)[C@@H]3CC[C@H]4C(C)(C)C(O[C@H]5CN(C6COC6)CCO5)CC[C@@]45C[C@@]35CC[C@]21C)C(C)(C)O. The van der Waals surface area contributed by atoms with Crippen LogP contribution in [0.1, 0.15) is 107 Å². The van der Waals surface area contributed by atoms with Gasteiger partial charge < -0.3 is 28.8 Å². The summed E-state index contributed by atoms with van der Waals surface area (Å²) in [6.45, 7) is 20.7. The standard InChI is InChI=1S/C39H61NO8/c1-22-17-25(33(35(5,6)43)46-23(2)41)47-31-30(22)36(7)13-14-39-21-38(39)12-11-28(48-29-18-40(15-16-45-29)24-19-44-20-24)34(3,4)26(38)9-10-27(39)37(36,8)32(31)42/h22,24-31,33,43H,9-21H2,1-8H3/t22-,25-,26+,27+,28?,29+,30+,31+,33+,36-,37-,38-,39+/m1/s1. The minimum absolute atomic E-state index is 0.0287. The number of carbonyl (C=O) groups is 2. The van der Waals surface area contributed by atoms with Crippen LogP contribution in [-0.2, 0) is 33.3 Å². The molecule has 0 aromatic rings. The molecule has 0 aromatic carbocycles. The van der Waals surface area contributed by atoms with Gasteiger partial charge in [-0.2, -0.15) is 0 Å². The first kappa shape index (κ1) is 34.0. The number of morpholine rings is 1. The van der Waals surface area contributed by atoms with Gasteiger partial charge in [0.05, 0.1) is 50.2 Å². The Kier molecular flexibility index (Phi) is 7.76. The lowest BCUT2D eigenvalue weighted by molar-refractivity contribution is -0.255. The van der Waals surface area contributed by atoms with E-state index in [1.807, 2.05) is 0 Å². The Morgan fingerprint density at radius 1 is 1.04 bits per heavy atom. The van der Waals surface area contributed by atoms with Crippen LogP contribution in [-0.4, -0.2) is 97.0 Å². The molecule has 0 amide bonds. The lowest BCUT2D eigenvalue weighted by Crippen LogP contribution is -2.60. The van der Waals surface area contributed by atoms with E-state index in [0.29, 0.717) is 30.9 Å². The molecule has 0 radical (unpaired) electrons. The van der Waals surface area contributed by atoms with Gasteiger partial charge in [0.15, 0.2) is 18.2 Å². The fourth-order valence-corrected chi connectivity index (χ4v) is 14.0. The number of hydrogen-bond donors (Lipinski definition) is 1. The van der Waals surface area contributed by atoms with Crippen LogP contribution < -0.4 is 0 Å². The molecule has 0 aromatic heterocycles. The fourth-order valence-electron chi connectivity index (χ4n) is 14.0. The summed E-state index contributed by atoms with van der Waals surface area (Å²) < 4.78 is 31.0. The molecule has 5 saturated carbocycles. The van der Waals surface area contributed by atoms with E-state index in [2.05, 4.69) is 39.5 Å². The smallest absolute Gasteiger partial charge is 0.303 e. The molecule has 0 bridgehead atoms. The molecule has 1 N–H and O–H groups in total. The number of hydrogen-bond acceptors (Lipinski definition) is 9. The van der Waals surface area contributed by atoms with Gasteiger partial charge in [0.1, 0.15) is 6.10 Å². The zero-order chi connectivity index (χ0) is 34.2. The van der Waals surface area contributed by atoms with E-state index in [1.165, 1.54) is 26.2 Å². The van der Waals surface area contributed by atoms with E-state index < -0.39 is 35.3 Å². The van der Waals surface area contributed by atoms with Crippen molar-refractivity contribution in [3.05, 3.63) is 0 Å². The molecular formula is C39H61NO8. The number of nitrogens with zero attached hydrogens (tertiary/aromatic N) is 1. The topological polar surface area (TPSA) is 104 Å². The minimum Gasteiger partial charge on any atom is -0.457 e. The monoisotopic (exact) mass is 671 g/mol. The molecule has 13 atom stereocenters. The summed E-state index contributed by atoms with van der Waals surface area (Å²) >= 11 is 0. The number of fused-ring (bicyclic) bond motifs is 4. The second-order valence-corrected chi connectivity index (χ2v) is 19.1. The molecule has 8 rings (SSSR count). The van der Waals surface area contributed by atoms with Gasteiger partial charge in [0.2, 0.25) is 0 Å². The van der Waals surface area contributed by atoms with Crippen molar-refractivity contribution in [2.24, 2.45) is 50.7 Å². The van der Waals surface area contributed by atoms with E-state index in [-0.39, 0.29) is 51.7 Å². The van der Waals surface area contributed by atoms with E-state index in [0.717, 1.165) is 52.0 Å². The number of rotatable bonds is 6. The Morgan fingerprint density at radius 3 is 2.42 bits per heavy atom. The molecule has 1 unspecified atom stereocenters. The third-order valence-electron chi connectivity index (χ3n) is 16.3. The number of Topliss-reactive ketones (excluding diaryl/α,β-unsaturated/α-hetero) is 1. The lowest BCUT2D eigenvalue weighted by atomic mass is 9.41.